The molecule has 80 heavy (non-hydrogen) atoms. The Balaban J connectivity index is 0.000000144. The lowest BCUT2D eigenvalue weighted by Gasteiger charge is -2.18. The number of fused-ring (bicyclic) bond motifs is 8. The minimum atomic E-state index is 0.444. The van der Waals surface area contributed by atoms with Crippen LogP contribution in [-0.2, 0) is 0 Å². The van der Waals surface area contributed by atoms with Crippen molar-refractivity contribution in [3.05, 3.63) is 232 Å². The summed E-state index contributed by atoms with van der Waals surface area (Å²) in [6.45, 7) is 9.40. The van der Waals surface area contributed by atoms with Gasteiger partial charge < -0.3 is 27.4 Å². The summed E-state index contributed by atoms with van der Waals surface area (Å²) in [6.07, 6.45) is 13.6. The predicted molar refractivity (Wildman–Crippen MR) is 319 cm³/mol. The monoisotopic (exact) mass is 1050 g/mol. The number of benzene rings is 8. The van der Waals surface area contributed by atoms with Gasteiger partial charge in [-0.2, -0.15) is 0 Å². The summed E-state index contributed by atoms with van der Waals surface area (Å²) in [6, 6.07) is 66.4. The summed E-state index contributed by atoms with van der Waals surface area (Å²) in [7, 11) is 0. The van der Waals surface area contributed by atoms with E-state index in [1.54, 1.807) is 0 Å². The molecule has 12 aromatic rings. The molecule has 4 heterocycles. The standard InChI is InChI=1S/C36H31N3O2.C34H27N3O2/c1-3-24-20-25(4-2)28(21-24)23-40-30-11-9-10-27(22-30)36-38-37-35(41-36)26-16-18-29(19-17-26)39-33-14-7-5-12-31(33)32-13-6-8-15-34(32)39;1-3-10-31-29(8-1)30-9-2-4-11-32(30)37(31)27-16-14-23(15-17-27)33-35-36-34(39-33)25-6-5-7-28(20-25)38-21-26-19-22-12-13-24(26)18-22/h3-19,22,24-25,28H,1-2,20-21,23H2;1-17,20,22,24,26H,18-19,21H2. The van der Waals surface area contributed by atoms with Crippen molar-refractivity contribution >= 4 is 43.6 Å². The Bertz CT molecular complexity index is 4150. The molecule has 392 valence electrons. The number of allylic oxidation sites excluding steroid dienone is 4. The molecule has 10 heteroatoms. The Morgan fingerprint density at radius 3 is 1.27 bits per heavy atom. The van der Waals surface area contributed by atoms with Gasteiger partial charge in [0.2, 0.25) is 23.6 Å². The molecule has 2 saturated carbocycles. The van der Waals surface area contributed by atoms with Crippen molar-refractivity contribution in [2.75, 3.05) is 13.2 Å². The van der Waals surface area contributed by atoms with Crippen LogP contribution < -0.4 is 9.47 Å². The number of nitrogens with zero attached hydrogens (tertiary/aromatic N) is 6. The van der Waals surface area contributed by atoms with Gasteiger partial charge in [0.15, 0.2) is 0 Å². The maximum atomic E-state index is 6.20. The molecule has 0 spiro atoms. The highest BCUT2D eigenvalue weighted by molar-refractivity contribution is 6.10. The molecule has 8 aromatic carbocycles. The Labute approximate surface area is 464 Å². The Kier molecular flexibility index (Phi) is 12.8. The lowest BCUT2D eigenvalue weighted by Crippen LogP contribution is -2.16. The van der Waals surface area contributed by atoms with Crippen LogP contribution in [0.1, 0.15) is 25.7 Å². The van der Waals surface area contributed by atoms with Gasteiger partial charge in [-0.25, -0.2) is 0 Å². The van der Waals surface area contributed by atoms with E-state index in [1.807, 2.05) is 72.8 Å². The van der Waals surface area contributed by atoms with Crippen LogP contribution in [0, 0.1) is 35.5 Å². The normalized spacial score (nSPS) is 19.2. The zero-order valence-corrected chi connectivity index (χ0v) is 44.2. The van der Waals surface area contributed by atoms with Crippen LogP contribution in [-0.4, -0.2) is 42.7 Å². The van der Waals surface area contributed by atoms with E-state index in [0.717, 1.165) is 70.5 Å². The molecule has 3 aliphatic rings. The van der Waals surface area contributed by atoms with Crippen molar-refractivity contribution in [2.24, 2.45) is 35.5 Å². The zero-order valence-electron chi connectivity index (χ0n) is 44.2. The number of para-hydroxylation sites is 4. The first-order valence-corrected chi connectivity index (χ1v) is 27.8. The third-order valence-corrected chi connectivity index (χ3v) is 16.7. The molecule has 6 atom stereocenters. The first-order chi connectivity index (χ1) is 39.5. The van der Waals surface area contributed by atoms with Gasteiger partial charge in [-0.1, -0.05) is 109 Å². The van der Waals surface area contributed by atoms with E-state index in [-0.39, 0.29) is 0 Å². The molecule has 3 aliphatic carbocycles. The van der Waals surface area contributed by atoms with Gasteiger partial charge in [-0.3, -0.25) is 0 Å². The molecule has 4 aromatic heterocycles. The topological polar surface area (TPSA) is 106 Å². The molecule has 2 bridgehead atoms. The van der Waals surface area contributed by atoms with Crippen LogP contribution in [0.2, 0.25) is 0 Å². The van der Waals surface area contributed by atoms with Crippen LogP contribution in [0.5, 0.6) is 11.5 Å². The van der Waals surface area contributed by atoms with Crippen LogP contribution in [0.4, 0.5) is 0 Å². The van der Waals surface area contributed by atoms with Crippen LogP contribution in [0.25, 0.3) is 101 Å². The molecule has 0 aliphatic heterocycles. The van der Waals surface area contributed by atoms with E-state index in [2.05, 4.69) is 188 Å². The highest BCUT2D eigenvalue weighted by atomic mass is 16.5. The van der Waals surface area contributed by atoms with E-state index in [9.17, 15) is 0 Å². The summed E-state index contributed by atoms with van der Waals surface area (Å²) in [5.41, 5.74) is 10.3. The molecule has 15 rings (SSSR count). The number of rotatable bonds is 14. The van der Waals surface area contributed by atoms with Crippen molar-refractivity contribution in [3.63, 3.8) is 0 Å². The van der Waals surface area contributed by atoms with Gasteiger partial charge in [-0.05, 0) is 170 Å². The zero-order chi connectivity index (χ0) is 53.5. The smallest absolute Gasteiger partial charge is 0.248 e. The van der Waals surface area contributed by atoms with E-state index >= 15 is 0 Å². The van der Waals surface area contributed by atoms with Gasteiger partial charge in [-0.15, -0.1) is 33.6 Å². The summed E-state index contributed by atoms with van der Waals surface area (Å²) in [4.78, 5) is 0. The van der Waals surface area contributed by atoms with Crippen molar-refractivity contribution < 1.29 is 18.3 Å². The van der Waals surface area contributed by atoms with E-state index in [1.165, 1.54) is 56.5 Å². The van der Waals surface area contributed by atoms with Crippen molar-refractivity contribution in [3.8, 4) is 68.7 Å². The van der Waals surface area contributed by atoms with Crippen LogP contribution in [0.15, 0.2) is 240 Å². The molecule has 10 nitrogen and oxygen atoms in total. The third-order valence-electron chi connectivity index (χ3n) is 16.7. The lowest BCUT2D eigenvalue weighted by atomic mass is 9.95. The Morgan fingerprint density at radius 2 is 0.863 bits per heavy atom. The minimum Gasteiger partial charge on any atom is -0.493 e. The summed E-state index contributed by atoms with van der Waals surface area (Å²) in [5.74, 6) is 7.06. The SMILES string of the molecule is C1=CC2CC1CC2COc1cccc(-c2nnc(-c3ccc(-n4c5ccccc5c5ccccc54)cc3)o2)c1.C=CC1CC(C=C)C(COc2cccc(-c3nnc(-c4ccc(-n5c6ccccc6c6ccccc65)cc4)o3)c2)C1. The highest BCUT2D eigenvalue weighted by Gasteiger charge is 2.36. The number of hydrogen-bond donors (Lipinski definition) is 0. The van der Waals surface area contributed by atoms with Crippen molar-refractivity contribution in [1.82, 2.24) is 29.5 Å². The predicted octanol–water partition coefficient (Wildman–Crippen LogP) is 17.0. The van der Waals surface area contributed by atoms with Crippen LogP contribution >= 0.6 is 0 Å². The molecule has 6 unspecified atom stereocenters. The molecular weight excluding hydrogens is 989 g/mol. The fraction of sp³-hybridized carbons (Fsp3) is 0.171. The largest absolute Gasteiger partial charge is 0.493 e. The average Bonchev–Trinajstić information content (AvgIpc) is 4.57. The lowest BCUT2D eigenvalue weighted by molar-refractivity contribution is 0.228. The second-order valence-electron chi connectivity index (χ2n) is 21.5. The maximum Gasteiger partial charge on any atom is 0.248 e. The molecule has 0 radical (unpaired) electrons. The second kappa shape index (κ2) is 21.0. The first-order valence-electron chi connectivity index (χ1n) is 27.8. The van der Waals surface area contributed by atoms with E-state index in [0.29, 0.717) is 59.8 Å². The fourth-order valence-corrected chi connectivity index (χ4v) is 12.6. The molecule has 2 fully saturated rings. The summed E-state index contributed by atoms with van der Waals surface area (Å²) >= 11 is 0. The Morgan fingerprint density at radius 1 is 0.425 bits per heavy atom. The van der Waals surface area contributed by atoms with Crippen molar-refractivity contribution in [2.45, 2.75) is 25.7 Å². The quantitative estimate of drug-likeness (QED) is 0.0992. The number of hydrogen-bond acceptors (Lipinski definition) is 8. The van der Waals surface area contributed by atoms with Gasteiger partial charge in [0, 0.05) is 55.2 Å². The number of ether oxygens (including phenoxy) is 2. The minimum absolute atomic E-state index is 0.444. The second-order valence-corrected chi connectivity index (χ2v) is 21.5. The van der Waals surface area contributed by atoms with Gasteiger partial charge in [0.1, 0.15) is 11.5 Å². The fourth-order valence-electron chi connectivity index (χ4n) is 12.6. The molecular formula is C70H58N6O4. The summed E-state index contributed by atoms with van der Waals surface area (Å²) < 4.78 is 29.2. The van der Waals surface area contributed by atoms with Gasteiger partial charge in [0.05, 0.1) is 35.3 Å². The first kappa shape index (κ1) is 48.8. The average molecular weight is 1050 g/mol. The number of aromatic nitrogens is 6. The molecule has 0 saturated heterocycles. The van der Waals surface area contributed by atoms with Gasteiger partial charge in [0.25, 0.3) is 0 Å². The molecule has 0 N–H and O–H groups in total. The molecule has 0 amide bonds. The van der Waals surface area contributed by atoms with E-state index in [4.69, 9.17) is 18.3 Å². The highest BCUT2D eigenvalue weighted by Crippen LogP contribution is 2.44. The van der Waals surface area contributed by atoms with Gasteiger partial charge >= 0.3 is 0 Å². The Hall–Kier alpha value is -9.54. The van der Waals surface area contributed by atoms with Crippen LogP contribution in [0.3, 0.4) is 0 Å². The summed E-state index contributed by atoms with van der Waals surface area (Å²) in [5, 5.41) is 22.4. The van der Waals surface area contributed by atoms with Crippen molar-refractivity contribution in [1.29, 1.82) is 0 Å². The van der Waals surface area contributed by atoms with E-state index < -0.39 is 0 Å². The maximum absolute atomic E-state index is 6.20. The third kappa shape index (κ3) is 9.26.